The number of carboxylic acids is 1. The number of rotatable bonds is 4. The normalized spacial score (nSPS) is 11.3. The lowest BCUT2D eigenvalue weighted by Crippen LogP contribution is -2.19. The number of methoxy groups -OCH3 is 1. The van der Waals surface area contributed by atoms with Crippen LogP contribution >= 0.6 is 0 Å². The summed E-state index contributed by atoms with van der Waals surface area (Å²) in [6.07, 6.45) is 1.48. The molecule has 4 heteroatoms. The molecule has 1 aromatic carbocycles. The van der Waals surface area contributed by atoms with Crippen LogP contribution < -0.4 is 0 Å². The quantitative estimate of drug-likeness (QED) is 0.926. The van der Waals surface area contributed by atoms with Crippen LogP contribution in [0.5, 0.6) is 0 Å². The monoisotopic (exact) mass is 271 g/mol. The molecule has 0 fully saturated rings. The molecular formula is C16H17NO3. The molecule has 0 bridgehead atoms. The van der Waals surface area contributed by atoms with Crippen LogP contribution in [-0.4, -0.2) is 23.2 Å². The van der Waals surface area contributed by atoms with Gasteiger partial charge in [0.2, 0.25) is 0 Å². The molecule has 1 heterocycles. The molecule has 0 atom stereocenters. The van der Waals surface area contributed by atoms with Crippen LogP contribution in [0.1, 0.15) is 29.9 Å². The van der Waals surface area contributed by atoms with Gasteiger partial charge in [-0.15, -0.1) is 0 Å². The number of hydrogen-bond donors (Lipinski definition) is 1. The van der Waals surface area contributed by atoms with Crippen LogP contribution in [0.3, 0.4) is 0 Å². The van der Waals surface area contributed by atoms with E-state index in [1.165, 1.54) is 6.20 Å². The molecule has 104 valence electrons. The molecule has 1 aromatic heterocycles. The number of hydrogen-bond acceptors (Lipinski definition) is 3. The van der Waals surface area contributed by atoms with E-state index in [0.717, 1.165) is 11.1 Å². The van der Waals surface area contributed by atoms with Crippen molar-refractivity contribution in [1.29, 1.82) is 0 Å². The SMILES string of the molecule is COC(C)(C)c1ccc(-c2cccnc2C(=O)O)cc1. The molecular weight excluding hydrogens is 254 g/mol. The number of benzene rings is 1. The van der Waals surface area contributed by atoms with Gasteiger partial charge in [-0.3, -0.25) is 0 Å². The smallest absolute Gasteiger partial charge is 0.355 e. The summed E-state index contributed by atoms with van der Waals surface area (Å²) in [7, 11) is 1.66. The topological polar surface area (TPSA) is 59.4 Å². The fraction of sp³-hybridized carbons (Fsp3) is 0.250. The second-order valence-electron chi connectivity index (χ2n) is 5.00. The van der Waals surface area contributed by atoms with E-state index >= 15 is 0 Å². The predicted octanol–water partition coefficient (Wildman–Crippen LogP) is 3.33. The number of ether oxygens (including phenoxy) is 1. The molecule has 0 spiro atoms. The first kappa shape index (κ1) is 14.2. The van der Waals surface area contributed by atoms with Crippen molar-refractivity contribution in [2.75, 3.05) is 7.11 Å². The van der Waals surface area contributed by atoms with E-state index in [4.69, 9.17) is 9.84 Å². The molecule has 0 unspecified atom stereocenters. The van der Waals surface area contributed by atoms with Crippen LogP contribution in [0.2, 0.25) is 0 Å². The van der Waals surface area contributed by atoms with Gasteiger partial charge in [-0.2, -0.15) is 0 Å². The van der Waals surface area contributed by atoms with Gasteiger partial charge in [-0.05, 0) is 31.0 Å². The van der Waals surface area contributed by atoms with Gasteiger partial charge in [0.05, 0.1) is 5.60 Å². The summed E-state index contributed by atoms with van der Waals surface area (Å²) < 4.78 is 5.42. The molecule has 0 aliphatic heterocycles. The molecule has 1 N–H and O–H groups in total. The van der Waals surface area contributed by atoms with Crippen molar-refractivity contribution in [2.45, 2.75) is 19.4 Å². The molecule has 2 aromatic rings. The lowest BCUT2D eigenvalue weighted by molar-refractivity contribution is 0.0192. The molecule has 0 aliphatic rings. The first-order valence-electron chi connectivity index (χ1n) is 6.30. The molecule has 0 amide bonds. The van der Waals surface area contributed by atoms with Gasteiger partial charge in [0.25, 0.3) is 0 Å². The summed E-state index contributed by atoms with van der Waals surface area (Å²) in [5.41, 5.74) is 2.16. The van der Waals surface area contributed by atoms with E-state index < -0.39 is 5.97 Å². The summed E-state index contributed by atoms with van der Waals surface area (Å²) >= 11 is 0. The van der Waals surface area contributed by atoms with Crippen molar-refractivity contribution in [2.24, 2.45) is 0 Å². The number of aromatic carboxylic acids is 1. The Morgan fingerprint density at radius 2 is 1.85 bits per heavy atom. The van der Waals surface area contributed by atoms with E-state index in [1.807, 2.05) is 38.1 Å². The highest BCUT2D eigenvalue weighted by atomic mass is 16.5. The standard InChI is InChI=1S/C16H17NO3/c1-16(2,20-3)12-8-6-11(7-9-12)13-5-4-10-17-14(13)15(18)19/h4-10H,1-3H3,(H,18,19). The maximum Gasteiger partial charge on any atom is 0.355 e. The predicted molar refractivity (Wildman–Crippen MR) is 76.7 cm³/mol. The van der Waals surface area contributed by atoms with Crippen molar-refractivity contribution in [3.63, 3.8) is 0 Å². The first-order valence-corrected chi connectivity index (χ1v) is 6.30. The van der Waals surface area contributed by atoms with Gasteiger partial charge in [0.1, 0.15) is 0 Å². The van der Waals surface area contributed by atoms with Crippen molar-refractivity contribution in [3.05, 3.63) is 53.9 Å². The second kappa shape index (κ2) is 5.43. The highest BCUT2D eigenvalue weighted by Crippen LogP contribution is 2.28. The van der Waals surface area contributed by atoms with Crippen LogP contribution in [-0.2, 0) is 10.3 Å². The van der Waals surface area contributed by atoms with Crippen molar-refractivity contribution in [3.8, 4) is 11.1 Å². The third-order valence-corrected chi connectivity index (χ3v) is 3.41. The van der Waals surface area contributed by atoms with Crippen molar-refractivity contribution < 1.29 is 14.6 Å². The van der Waals surface area contributed by atoms with E-state index in [1.54, 1.807) is 19.2 Å². The molecule has 0 radical (unpaired) electrons. The van der Waals surface area contributed by atoms with Crippen LogP contribution in [0.4, 0.5) is 0 Å². The molecule has 2 rings (SSSR count). The average molecular weight is 271 g/mol. The van der Waals surface area contributed by atoms with Gasteiger partial charge in [0.15, 0.2) is 5.69 Å². The lowest BCUT2D eigenvalue weighted by Gasteiger charge is -2.23. The third kappa shape index (κ3) is 2.70. The number of aromatic nitrogens is 1. The maximum absolute atomic E-state index is 11.2. The number of pyridine rings is 1. The van der Waals surface area contributed by atoms with Crippen molar-refractivity contribution in [1.82, 2.24) is 4.98 Å². The van der Waals surface area contributed by atoms with E-state index in [-0.39, 0.29) is 11.3 Å². The summed E-state index contributed by atoms with van der Waals surface area (Å²) in [5.74, 6) is -1.03. The largest absolute Gasteiger partial charge is 0.476 e. The zero-order valence-electron chi connectivity index (χ0n) is 11.8. The Morgan fingerprint density at radius 1 is 1.20 bits per heavy atom. The molecule has 4 nitrogen and oxygen atoms in total. The van der Waals surface area contributed by atoms with E-state index in [2.05, 4.69) is 4.98 Å². The van der Waals surface area contributed by atoms with Gasteiger partial charge < -0.3 is 9.84 Å². The minimum atomic E-state index is -1.03. The lowest BCUT2D eigenvalue weighted by atomic mass is 9.95. The summed E-state index contributed by atoms with van der Waals surface area (Å²) in [4.78, 5) is 15.1. The summed E-state index contributed by atoms with van der Waals surface area (Å²) in [6, 6.07) is 11.1. The fourth-order valence-electron chi connectivity index (χ4n) is 1.98. The molecule has 0 saturated carbocycles. The van der Waals surface area contributed by atoms with E-state index in [0.29, 0.717) is 5.56 Å². The maximum atomic E-state index is 11.2. The summed E-state index contributed by atoms with van der Waals surface area (Å²) in [5, 5.41) is 9.17. The number of carboxylic acid groups (broad SMARTS) is 1. The summed E-state index contributed by atoms with van der Waals surface area (Å²) in [6.45, 7) is 3.96. The fourth-order valence-corrected chi connectivity index (χ4v) is 1.98. The Morgan fingerprint density at radius 3 is 2.40 bits per heavy atom. The van der Waals surface area contributed by atoms with Crippen LogP contribution in [0, 0.1) is 0 Å². The average Bonchev–Trinajstić information content (AvgIpc) is 2.47. The van der Waals surface area contributed by atoms with Gasteiger partial charge in [-0.1, -0.05) is 30.3 Å². The van der Waals surface area contributed by atoms with Gasteiger partial charge in [0, 0.05) is 18.9 Å². The Bertz CT molecular complexity index is 618. The zero-order valence-corrected chi connectivity index (χ0v) is 11.8. The zero-order chi connectivity index (χ0) is 14.8. The van der Waals surface area contributed by atoms with Gasteiger partial charge >= 0.3 is 5.97 Å². The number of nitrogens with zero attached hydrogens (tertiary/aromatic N) is 1. The van der Waals surface area contributed by atoms with Crippen molar-refractivity contribution >= 4 is 5.97 Å². The second-order valence-corrected chi connectivity index (χ2v) is 5.00. The third-order valence-electron chi connectivity index (χ3n) is 3.41. The Labute approximate surface area is 118 Å². The minimum Gasteiger partial charge on any atom is -0.476 e. The minimum absolute atomic E-state index is 0.0613. The number of carbonyl (C=O) groups is 1. The Balaban J connectivity index is 2.43. The highest BCUT2D eigenvalue weighted by Gasteiger charge is 2.19. The Hall–Kier alpha value is -2.20. The van der Waals surface area contributed by atoms with Gasteiger partial charge in [-0.25, -0.2) is 9.78 Å². The molecule has 20 heavy (non-hydrogen) atoms. The van der Waals surface area contributed by atoms with Crippen LogP contribution in [0.15, 0.2) is 42.6 Å². The molecule has 0 saturated heterocycles. The van der Waals surface area contributed by atoms with Crippen LogP contribution in [0.25, 0.3) is 11.1 Å². The Kier molecular flexibility index (Phi) is 3.86. The molecule has 0 aliphatic carbocycles. The van der Waals surface area contributed by atoms with E-state index in [9.17, 15) is 4.79 Å². The first-order chi connectivity index (χ1) is 9.45. The highest BCUT2D eigenvalue weighted by molar-refractivity contribution is 5.93.